The van der Waals surface area contributed by atoms with Crippen LogP contribution in [0.25, 0.3) is 0 Å². The van der Waals surface area contributed by atoms with Crippen LogP contribution in [0.15, 0.2) is 48.5 Å². The van der Waals surface area contributed by atoms with E-state index in [-0.39, 0.29) is 11.7 Å². The van der Waals surface area contributed by atoms with Crippen LogP contribution in [0.3, 0.4) is 0 Å². The van der Waals surface area contributed by atoms with Gasteiger partial charge in [0.2, 0.25) is 10.0 Å². The van der Waals surface area contributed by atoms with Crippen molar-refractivity contribution in [1.29, 1.82) is 0 Å². The summed E-state index contributed by atoms with van der Waals surface area (Å²) in [5.74, 6) is 0.746. The van der Waals surface area contributed by atoms with Crippen LogP contribution in [-0.2, 0) is 16.6 Å². The van der Waals surface area contributed by atoms with Gasteiger partial charge in [-0.2, -0.15) is 0 Å². The number of hydrogen-bond acceptors (Lipinski definition) is 4. The van der Waals surface area contributed by atoms with E-state index in [0.29, 0.717) is 37.4 Å². The van der Waals surface area contributed by atoms with Crippen molar-refractivity contribution in [3.05, 3.63) is 59.7 Å². The summed E-state index contributed by atoms with van der Waals surface area (Å²) in [6, 6.07) is 14.4. The first-order chi connectivity index (χ1) is 12.9. The van der Waals surface area contributed by atoms with Gasteiger partial charge < -0.3 is 9.64 Å². The number of anilines is 1. The third kappa shape index (κ3) is 4.24. The second-order valence-corrected chi connectivity index (χ2v) is 8.51. The molecule has 0 saturated carbocycles. The van der Waals surface area contributed by atoms with E-state index in [1.54, 1.807) is 36.2 Å². The second kappa shape index (κ2) is 8.00. The number of para-hydroxylation sites is 1. The SMILES string of the molecule is CCOc1ccccc1CN(C)C(=O)c1cccc(N2CCCS2(=O)=O)c1. The summed E-state index contributed by atoms with van der Waals surface area (Å²) in [6.45, 7) is 3.34. The number of rotatable bonds is 6. The fourth-order valence-corrected chi connectivity index (χ4v) is 4.76. The molecule has 0 N–H and O–H groups in total. The molecule has 2 aromatic rings. The molecule has 0 bridgehead atoms. The molecule has 1 fully saturated rings. The van der Waals surface area contributed by atoms with Gasteiger partial charge in [-0.25, -0.2) is 8.42 Å². The van der Waals surface area contributed by atoms with Crippen LogP contribution in [0, 0.1) is 0 Å². The Hall–Kier alpha value is -2.54. The van der Waals surface area contributed by atoms with Gasteiger partial charge >= 0.3 is 0 Å². The molecule has 1 amide bonds. The first-order valence-electron chi connectivity index (χ1n) is 8.99. The Balaban J connectivity index is 1.79. The molecule has 1 saturated heterocycles. The molecular formula is C20H24N2O4S. The quantitative estimate of drug-likeness (QED) is 0.763. The maximum absolute atomic E-state index is 12.9. The van der Waals surface area contributed by atoms with Crippen LogP contribution < -0.4 is 9.04 Å². The number of hydrogen-bond donors (Lipinski definition) is 0. The third-order valence-corrected chi connectivity index (χ3v) is 6.38. The minimum Gasteiger partial charge on any atom is -0.494 e. The third-order valence-electron chi connectivity index (χ3n) is 4.51. The molecule has 2 aromatic carbocycles. The largest absolute Gasteiger partial charge is 0.494 e. The summed E-state index contributed by atoms with van der Waals surface area (Å²) in [5.41, 5.74) is 1.93. The van der Waals surface area contributed by atoms with Crippen molar-refractivity contribution < 1.29 is 17.9 Å². The lowest BCUT2D eigenvalue weighted by Gasteiger charge is -2.21. The molecule has 0 spiro atoms. The number of carbonyl (C=O) groups is 1. The number of ether oxygens (including phenoxy) is 1. The van der Waals surface area contributed by atoms with Gasteiger partial charge in [-0.05, 0) is 37.6 Å². The van der Waals surface area contributed by atoms with Gasteiger partial charge in [0.1, 0.15) is 5.75 Å². The highest BCUT2D eigenvalue weighted by Gasteiger charge is 2.29. The molecule has 7 heteroatoms. The van der Waals surface area contributed by atoms with Gasteiger partial charge in [0.15, 0.2) is 0 Å². The normalized spacial score (nSPS) is 15.6. The number of benzene rings is 2. The molecule has 1 aliphatic heterocycles. The van der Waals surface area contributed by atoms with E-state index in [0.717, 1.165) is 11.3 Å². The summed E-state index contributed by atoms with van der Waals surface area (Å²) in [5, 5.41) is 0. The van der Waals surface area contributed by atoms with Crippen molar-refractivity contribution in [2.75, 3.05) is 30.3 Å². The van der Waals surface area contributed by atoms with Crippen LogP contribution in [0.4, 0.5) is 5.69 Å². The van der Waals surface area contributed by atoms with Crippen LogP contribution in [-0.4, -0.2) is 45.2 Å². The molecule has 0 radical (unpaired) electrons. The highest BCUT2D eigenvalue weighted by Crippen LogP contribution is 2.26. The Labute approximate surface area is 160 Å². The highest BCUT2D eigenvalue weighted by atomic mass is 32.2. The number of nitrogens with zero attached hydrogens (tertiary/aromatic N) is 2. The molecular weight excluding hydrogens is 364 g/mol. The van der Waals surface area contributed by atoms with E-state index in [9.17, 15) is 13.2 Å². The van der Waals surface area contributed by atoms with Crippen LogP contribution in [0.2, 0.25) is 0 Å². The molecule has 0 aromatic heterocycles. The first-order valence-corrected chi connectivity index (χ1v) is 10.6. The zero-order chi connectivity index (χ0) is 19.4. The molecule has 1 heterocycles. The molecule has 0 unspecified atom stereocenters. The van der Waals surface area contributed by atoms with Crippen molar-refractivity contribution in [1.82, 2.24) is 4.90 Å². The van der Waals surface area contributed by atoms with Crippen molar-refractivity contribution in [3.63, 3.8) is 0 Å². The van der Waals surface area contributed by atoms with Crippen molar-refractivity contribution in [2.24, 2.45) is 0 Å². The summed E-state index contributed by atoms with van der Waals surface area (Å²) >= 11 is 0. The van der Waals surface area contributed by atoms with Gasteiger partial charge in [-0.15, -0.1) is 0 Å². The average Bonchev–Trinajstić information content (AvgIpc) is 3.02. The lowest BCUT2D eigenvalue weighted by atomic mass is 10.1. The molecule has 1 aliphatic rings. The van der Waals surface area contributed by atoms with E-state index in [2.05, 4.69) is 0 Å². The summed E-state index contributed by atoms with van der Waals surface area (Å²) in [7, 11) is -1.54. The molecule has 6 nitrogen and oxygen atoms in total. The maximum Gasteiger partial charge on any atom is 0.253 e. The number of carbonyl (C=O) groups excluding carboxylic acids is 1. The first kappa shape index (κ1) is 19.2. The van der Waals surface area contributed by atoms with Crippen LogP contribution >= 0.6 is 0 Å². The molecule has 27 heavy (non-hydrogen) atoms. The second-order valence-electron chi connectivity index (χ2n) is 6.49. The molecule has 0 aliphatic carbocycles. The standard InChI is InChI=1S/C20H24N2O4S/c1-3-26-19-11-5-4-8-17(19)15-21(2)20(23)16-9-6-10-18(14-16)22-12-7-13-27(22,24)25/h4-6,8-11,14H,3,7,12-13,15H2,1-2H3. The van der Waals surface area contributed by atoms with E-state index in [4.69, 9.17) is 4.74 Å². The fourth-order valence-electron chi connectivity index (χ4n) is 3.20. The summed E-state index contributed by atoms with van der Waals surface area (Å²) < 4.78 is 31.3. The monoisotopic (exact) mass is 388 g/mol. The lowest BCUT2D eigenvalue weighted by molar-refractivity contribution is 0.0784. The van der Waals surface area contributed by atoms with Crippen molar-refractivity contribution in [2.45, 2.75) is 19.9 Å². The minimum absolute atomic E-state index is 0.152. The van der Waals surface area contributed by atoms with E-state index < -0.39 is 10.0 Å². The Kier molecular flexibility index (Phi) is 5.70. The van der Waals surface area contributed by atoms with Crippen molar-refractivity contribution >= 4 is 21.6 Å². The molecule has 144 valence electrons. The highest BCUT2D eigenvalue weighted by molar-refractivity contribution is 7.93. The topological polar surface area (TPSA) is 66.9 Å². The summed E-state index contributed by atoms with van der Waals surface area (Å²) in [4.78, 5) is 14.5. The van der Waals surface area contributed by atoms with Crippen molar-refractivity contribution in [3.8, 4) is 5.75 Å². The Morgan fingerprint density at radius 1 is 1.19 bits per heavy atom. The molecule has 3 rings (SSSR count). The number of sulfonamides is 1. The fraction of sp³-hybridized carbons (Fsp3) is 0.350. The van der Waals surface area contributed by atoms with E-state index >= 15 is 0 Å². The van der Waals surface area contributed by atoms with E-state index in [1.165, 1.54) is 4.31 Å². The summed E-state index contributed by atoms with van der Waals surface area (Å²) in [6.07, 6.45) is 0.606. The van der Waals surface area contributed by atoms with Crippen LogP contribution in [0.1, 0.15) is 29.3 Å². The predicted molar refractivity (Wildman–Crippen MR) is 106 cm³/mol. The Bertz CT molecular complexity index is 927. The number of amides is 1. The van der Waals surface area contributed by atoms with Gasteiger partial charge in [0.05, 0.1) is 18.0 Å². The smallest absolute Gasteiger partial charge is 0.253 e. The average molecular weight is 388 g/mol. The maximum atomic E-state index is 12.9. The molecule has 0 atom stereocenters. The Morgan fingerprint density at radius 2 is 1.96 bits per heavy atom. The van der Waals surface area contributed by atoms with Gasteiger partial charge in [0.25, 0.3) is 5.91 Å². The Morgan fingerprint density at radius 3 is 2.67 bits per heavy atom. The predicted octanol–water partition coefficient (Wildman–Crippen LogP) is 2.90. The lowest BCUT2D eigenvalue weighted by Crippen LogP contribution is -2.28. The van der Waals surface area contributed by atoms with E-state index in [1.807, 2.05) is 31.2 Å². The van der Waals surface area contributed by atoms with Gasteiger partial charge in [-0.3, -0.25) is 9.10 Å². The minimum atomic E-state index is -3.27. The van der Waals surface area contributed by atoms with Gasteiger partial charge in [-0.1, -0.05) is 24.3 Å². The zero-order valence-electron chi connectivity index (χ0n) is 15.6. The zero-order valence-corrected chi connectivity index (χ0v) is 16.4. The van der Waals surface area contributed by atoms with Gasteiger partial charge in [0, 0.05) is 31.3 Å². The van der Waals surface area contributed by atoms with Crippen LogP contribution in [0.5, 0.6) is 5.75 Å².